The van der Waals surface area contributed by atoms with Crippen LogP contribution in [0, 0.1) is 0 Å². The zero-order valence-corrected chi connectivity index (χ0v) is 9.24. The van der Waals surface area contributed by atoms with Crippen molar-refractivity contribution in [2.75, 3.05) is 24.7 Å². The van der Waals surface area contributed by atoms with Gasteiger partial charge in [0.25, 0.3) is 0 Å². The van der Waals surface area contributed by atoms with Gasteiger partial charge in [0, 0.05) is 19.8 Å². The third kappa shape index (κ3) is 2.03. The van der Waals surface area contributed by atoms with E-state index < -0.39 is 5.97 Å². The fourth-order valence-corrected chi connectivity index (χ4v) is 1.63. The number of benzene rings is 1. The smallest absolute Gasteiger partial charge is 0.337 e. The number of nitrogen functional groups attached to an aromatic ring is 1. The molecule has 0 aliphatic heterocycles. The second-order valence-electron chi connectivity index (χ2n) is 3.58. The molecule has 0 aliphatic carbocycles. The van der Waals surface area contributed by atoms with Crippen LogP contribution in [0.25, 0.3) is 0 Å². The Kier molecular flexibility index (Phi) is 3.19. The Labute approximate surface area is 89.3 Å². The van der Waals surface area contributed by atoms with E-state index in [1.165, 1.54) is 0 Å². The molecule has 0 aromatic heterocycles. The SMILES string of the molecule is CCc1c(N(C)C)ccc(C(=O)O)c1N. The van der Waals surface area contributed by atoms with Crippen molar-refractivity contribution < 1.29 is 9.90 Å². The van der Waals surface area contributed by atoms with Gasteiger partial charge < -0.3 is 15.7 Å². The maximum atomic E-state index is 10.9. The summed E-state index contributed by atoms with van der Waals surface area (Å²) < 4.78 is 0. The molecule has 0 fully saturated rings. The molecule has 0 aliphatic rings. The van der Waals surface area contributed by atoms with Crippen LogP contribution in [0.15, 0.2) is 12.1 Å². The molecule has 1 aromatic carbocycles. The fourth-order valence-electron chi connectivity index (χ4n) is 1.63. The van der Waals surface area contributed by atoms with Crippen molar-refractivity contribution in [2.45, 2.75) is 13.3 Å². The quantitative estimate of drug-likeness (QED) is 0.740. The minimum Gasteiger partial charge on any atom is -0.478 e. The van der Waals surface area contributed by atoms with Crippen molar-refractivity contribution in [3.63, 3.8) is 0 Å². The topological polar surface area (TPSA) is 66.6 Å². The van der Waals surface area contributed by atoms with Crippen LogP contribution in [0.5, 0.6) is 0 Å². The van der Waals surface area contributed by atoms with Crippen LogP contribution in [-0.4, -0.2) is 25.2 Å². The molecule has 0 unspecified atom stereocenters. The normalized spacial score (nSPS) is 10.1. The number of nitrogens with zero attached hydrogens (tertiary/aromatic N) is 1. The number of hydrogen-bond donors (Lipinski definition) is 2. The van der Waals surface area contributed by atoms with Crippen molar-refractivity contribution in [1.82, 2.24) is 0 Å². The number of carbonyl (C=O) groups is 1. The summed E-state index contributed by atoms with van der Waals surface area (Å²) in [5, 5.41) is 8.92. The highest BCUT2D eigenvalue weighted by atomic mass is 16.4. The Balaban J connectivity index is 3.39. The van der Waals surface area contributed by atoms with Gasteiger partial charge in [-0.25, -0.2) is 4.79 Å². The van der Waals surface area contributed by atoms with Gasteiger partial charge in [0.05, 0.1) is 11.3 Å². The van der Waals surface area contributed by atoms with E-state index in [-0.39, 0.29) is 5.56 Å². The van der Waals surface area contributed by atoms with Crippen molar-refractivity contribution in [3.8, 4) is 0 Å². The molecule has 0 amide bonds. The van der Waals surface area contributed by atoms with Crippen molar-refractivity contribution in [3.05, 3.63) is 23.3 Å². The number of carboxylic acid groups (broad SMARTS) is 1. The fraction of sp³-hybridized carbons (Fsp3) is 0.364. The third-order valence-corrected chi connectivity index (χ3v) is 2.40. The van der Waals surface area contributed by atoms with Gasteiger partial charge >= 0.3 is 5.97 Å². The predicted octanol–water partition coefficient (Wildman–Crippen LogP) is 1.60. The van der Waals surface area contributed by atoms with Crippen LogP contribution in [0.3, 0.4) is 0 Å². The lowest BCUT2D eigenvalue weighted by molar-refractivity contribution is 0.0698. The summed E-state index contributed by atoms with van der Waals surface area (Å²) in [4.78, 5) is 12.8. The molecule has 4 heteroatoms. The maximum Gasteiger partial charge on any atom is 0.337 e. The molecule has 1 rings (SSSR count). The zero-order chi connectivity index (χ0) is 11.6. The first-order valence-electron chi connectivity index (χ1n) is 4.81. The Bertz CT molecular complexity index is 386. The molecule has 0 atom stereocenters. The molecule has 0 saturated carbocycles. The Morgan fingerprint density at radius 3 is 2.47 bits per heavy atom. The van der Waals surface area contributed by atoms with E-state index in [2.05, 4.69) is 0 Å². The third-order valence-electron chi connectivity index (χ3n) is 2.40. The average molecular weight is 208 g/mol. The van der Waals surface area contributed by atoms with Crippen LogP contribution in [0.2, 0.25) is 0 Å². The van der Waals surface area contributed by atoms with E-state index in [1.54, 1.807) is 12.1 Å². The van der Waals surface area contributed by atoms with Gasteiger partial charge in [-0.3, -0.25) is 0 Å². The lowest BCUT2D eigenvalue weighted by Crippen LogP contribution is -2.14. The first kappa shape index (κ1) is 11.4. The molecular weight excluding hydrogens is 192 g/mol. The van der Waals surface area contributed by atoms with Gasteiger partial charge in [-0.15, -0.1) is 0 Å². The summed E-state index contributed by atoms with van der Waals surface area (Å²) in [5.41, 5.74) is 8.24. The predicted molar refractivity (Wildman–Crippen MR) is 61.5 cm³/mol. The van der Waals surface area contributed by atoms with Crippen LogP contribution >= 0.6 is 0 Å². The molecule has 15 heavy (non-hydrogen) atoms. The lowest BCUT2D eigenvalue weighted by Gasteiger charge is -2.19. The van der Waals surface area contributed by atoms with E-state index in [1.807, 2.05) is 25.9 Å². The molecule has 1 aromatic rings. The van der Waals surface area contributed by atoms with Crippen molar-refractivity contribution in [2.24, 2.45) is 0 Å². The average Bonchev–Trinajstić information content (AvgIpc) is 2.16. The highest BCUT2D eigenvalue weighted by molar-refractivity contribution is 5.95. The van der Waals surface area contributed by atoms with E-state index in [9.17, 15) is 4.79 Å². The van der Waals surface area contributed by atoms with Gasteiger partial charge in [-0.1, -0.05) is 6.92 Å². The molecule has 3 N–H and O–H groups in total. The summed E-state index contributed by atoms with van der Waals surface area (Å²) in [7, 11) is 3.82. The molecule has 0 saturated heterocycles. The van der Waals surface area contributed by atoms with E-state index in [4.69, 9.17) is 10.8 Å². The molecule has 0 bridgehead atoms. The van der Waals surface area contributed by atoms with Gasteiger partial charge in [-0.2, -0.15) is 0 Å². The summed E-state index contributed by atoms with van der Waals surface area (Å²) in [6, 6.07) is 3.34. The minimum atomic E-state index is -0.979. The van der Waals surface area contributed by atoms with Gasteiger partial charge in [-0.05, 0) is 24.1 Å². The van der Waals surface area contributed by atoms with E-state index >= 15 is 0 Å². The Morgan fingerprint density at radius 1 is 1.47 bits per heavy atom. The minimum absolute atomic E-state index is 0.178. The largest absolute Gasteiger partial charge is 0.478 e. The van der Waals surface area contributed by atoms with Gasteiger partial charge in [0.1, 0.15) is 0 Å². The summed E-state index contributed by atoms with van der Waals surface area (Å²) in [5.74, 6) is -0.979. The van der Waals surface area contributed by atoms with Crippen LogP contribution in [0.1, 0.15) is 22.8 Å². The van der Waals surface area contributed by atoms with Crippen molar-refractivity contribution >= 4 is 17.3 Å². The molecule has 0 spiro atoms. The van der Waals surface area contributed by atoms with Crippen LogP contribution in [0.4, 0.5) is 11.4 Å². The standard InChI is InChI=1S/C11H16N2O2/c1-4-7-9(13(2)3)6-5-8(10(7)12)11(14)15/h5-6H,4,12H2,1-3H3,(H,14,15). The molecule has 0 heterocycles. The van der Waals surface area contributed by atoms with Crippen molar-refractivity contribution in [1.29, 1.82) is 0 Å². The molecule has 4 nitrogen and oxygen atoms in total. The lowest BCUT2D eigenvalue weighted by atomic mass is 10.0. The number of carboxylic acids is 1. The molecule has 0 radical (unpaired) electrons. The second kappa shape index (κ2) is 4.21. The molecular formula is C11H16N2O2. The first-order chi connectivity index (χ1) is 6.99. The van der Waals surface area contributed by atoms with Gasteiger partial charge in [0.2, 0.25) is 0 Å². The monoisotopic (exact) mass is 208 g/mol. The number of rotatable bonds is 3. The Hall–Kier alpha value is -1.71. The highest BCUT2D eigenvalue weighted by Crippen LogP contribution is 2.28. The first-order valence-corrected chi connectivity index (χ1v) is 4.81. The van der Waals surface area contributed by atoms with Gasteiger partial charge in [0.15, 0.2) is 0 Å². The summed E-state index contributed by atoms with van der Waals surface area (Å²) in [6.07, 6.45) is 0.723. The number of nitrogens with two attached hydrogens (primary N) is 1. The maximum absolute atomic E-state index is 10.9. The number of aromatic carboxylic acids is 1. The number of anilines is 2. The summed E-state index contributed by atoms with van der Waals surface area (Å²) >= 11 is 0. The molecule has 82 valence electrons. The highest BCUT2D eigenvalue weighted by Gasteiger charge is 2.14. The number of hydrogen-bond acceptors (Lipinski definition) is 3. The van der Waals surface area contributed by atoms with Crippen LogP contribution in [-0.2, 0) is 6.42 Å². The van der Waals surface area contributed by atoms with E-state index in [0.29, 0.717) is 5.69 Å². The Morgan fingerprint density at radius 2 is 2.07 bits per heavy atom. The zero-order valence-electron chi connectivity index (χ0n) is 9.24. The van der Waals surface area contributed by atoms with E-state index in [0.717, 1.165) is 17.7 Å². The summed E-state index contributed by atoms with van der Waals surface area (Å²) in [6.45, 7) is 1.96. The van der Waals surface area contributed by atoms with Crippen LogP contribution < -0.4 is 10.6 Å². The second-order valence-corrected chi connectivity index (χ2v) is 3.58.